The van der Waals surface area contributed by atoms with Crippen LogP contribution in [0.1, 0.15) is 6.92 Å². The molecule has 0 fully saturated rings. The van der Waals surface area contributed by atoms with Gasteiger partial charge in [0.1, 0.15) is 0 Å². The average molecular weight is 383 g/mol. The molecule has 1 atom stereocenters. The van der Waals surface area contributed by atoms with Gasteiger partial charge in [-0.25, -0.2) is 4.79 Å². The van der Waals surface area contributed by atoms with Gasteiger partial charge in [-0.2, -0.15) is 0 Å². The van der Waals surface area contributed by atoms with Crippen molar-refractivity contribution in [3.63, 3.8) is 0 Å². The molecule has 0 aliphatic rings. The van der Waals surface area contributed by atoms with Gasteiger partial charge in [-0.3, -0.25) is 0 Å². The van der Waals surface area contributed by atoms with Gasteiger partial charge >= 0.3 is 5.97 Å². The van der Waals surface area contributed by atoms with Crippen molar-refractivity contribution in [3.05, 3.63) is 91.0 Å². The van der Waals surface area contributed by atoms with Crippen molar-refractivity contribution in [1.82, 2.24) is 0 Å². The molecule has 0 saturated heterocycles. The maximum Gasteiger partial charge on any atom is 0.331 e. The van der Waals surface area contributed by atoms with Crippen LogP contribution in [0.25, 0.3) is 0 Å². The van der Waals surface area contributed by atoms with Crippen LogP contribution in [0.2, 0.25) is 0 Å². The Balaban J connectivity index is 0.00000243. The Morgan fingerprint density at radius 1 is 0.769 bits per heavy atom. The summed E-state index contributed by atoms with van der Waals surface area (Å²) >= 11 is 0. The van der Waals surface area contributed by atoms with Crippen LogP contribution in [-0.2, 0) is 9.53 Å². The molecule has 3 aromatic rings. The summed E-state index contributed by atoms with van der Waals surface area (Å²) in [5.74, 6) is 1.53. The van der Waals surface area contributed by atoms with Gasteiger partial charge in [-0.15, -0.1) is 0 Å². The molecule has 1 unspecified atom stereocenters. The van der Waals surface area contributed by atoms with Gasteiger partial charge in [0, 0.05) is 5.80 Å². The summed E-state index contributed by atoms with van der Waals surface area (Å²) in [6.07, 6.45) is 0. The van der Waals surface area contributed by atoms with E-state index in [9.17, 15) is 4.79 Å². The second kappa shape index (κ2) is 9.53. The van der Waals surface area contributed by atoms with E-state index in [2.05, 4.69) is 36.4 Å². The predicted molar refractivity (Wildman–Crippen MR) is 120 cm³/mol. The first kappa shape index (κ1) is 20.2. The number of esters is 1. The number of rotatable bonds is 5. The van der Waals surface area contributed by atoms with E-state index in [-0.39, 0.29) is 15.9 Å². The number of carbonyl (C=O) groups is 1. The van der Waals surface area contributed by atoms with Gasteiger partial charge in [0.05, 0.1) is 6.61 Å². The summed E-state index contributed by atoms with van der Waals surface area (Å²) in [6, 6.07) is 30.7. The zero-order valence-corrected chi connectivity index (χ0v) is 18.1. The van der Waals surface area contributed by atoms with Crippen molar-refractivity contribution < 1.29 is 9.53 Å². The molecule has 0 N–H and O–H groups in total. The summed E-state index contributed by atoms with van der Waals surface area (Å²) in [6.45, 7) is -0.0371. The molecule has 0 aliphatic heterocycles. The Morgan fingerprint density at radius 2 is 1.12 bits per heavy atom. The molecule has 0 saturated carbocycles. The van der Waals surface area contributed by atoms with Crippen molar-refractivity contribution in [1.29, 1.82) is 0 Å². The lowest BCUT2D eigenvalue weighted by molar-refractivity contribution is -0.134. The van der Waals surface area contributed by atoms with Gasteiger partial charge in [-0.1, -0.05) is 91.0 Å². The van der Waals surface area contributed by atoms with Gasteiger partial charge in [0.25, 0.3) is 0 Å². The fourth-order valence-electron chi connectivity index (χ4n) is 3.00. The lowest BCUT2D eigenvalue weighted by Gasteiger charge is -2.28. The molecule has 0 radical (unpaired) electrons. The molecule has 2 nitrogen and oxygen atoms in total. The Bertz CT molecular complexity index is 772. The van der Waals surface area contributed by atoms with Gasteiger partial charge in [0.15, 0.2) is 0 Å². The molecule has 0 aliphatic carbocycles. The monoisotopic (exact) mass is 383 g/mol. The smallest absolute Gasteiger partial charge is 0.331 e. The Morgan fingerprint density at radius 3 is 1.42 bits per heavy atom. The molecule has 134 valence electrons. The summed E-state index contributed by atoms with van der Waals surface area (Å²) < 4.78 is 5.30. The quantitative estimate of drug-likeness (QED) is 0.500. The van der Waals surface area contributed by atoms with Crippen LogP contribution in [0.3, 0.4) is 0 Å². The highest BCUT2D eigenvalue weighted by molar-refractivity contribution is 7.95. The largest absolute Gasteiger partial charge is 0.463 e. The topological polar surface area (TPSA) is 26.3 Å². The highest BCUT2D eigenvalue weighted by Crippen LogP contribution is 2.43. The zero-order chi connectivity index (χ0) is 17.5. The van der Waals surface area contributed by atoms with Crippen LogP contribution in [0, 0.1) is 0 Å². The number of hydrogen-bond acceptors (Lipinski definition) is 2. The highest BCUT2D eigenvalue weighted by Gasteiger charge is 2.26. The third kappa shape index (κ3) is 4.15. The van der Waals surface area contributed by atoms with E-state index in [1.54, 1.807) is 5.80 Å². The molecule has 3 aromatic carbocycles. The van der Waals surface area contributed by atoms with Gasteiger partial charge in [0.2, 0.25) is 0 Å². The fourth-order valence-corrected chi connectivity index (χ4v) is 6.66. The summed E-state index contributed by atoms with van der Waals surface area (Å²) in [4.78, 5) is 12.5. The molecule has 4 heteroatoms. The predicted octanol–water partition coefficient (Wildman–Crippen LogP) is 3.14. The minimum absolute atomic E-state index is 0. The fraction of sp³-hybridized carbons (Fsp3) is 0.0909. The summed E-state index contributed by atoms with van der Waals surface area (Å²) in [5, 5.41) is 3.42. The zero-order valence-electron chi connectivity index (χ0n) is 15.2. The van der Waals surface area contributed by atoms with Crippen LogP contribution < -0.4 is 15.9 Å². The maximum absolute atomic E-state index is 12.5. The number of carbonyl (C=O) groups excluding carboxylic acids is 1. The van der Waals surface area contributed by atoms with Crippen LogP contribution in [0.4, 0.5) is 0 Å². The lowest BCUT2D eigenvalue weighted by atomic mass is 10.4. The SMILES string of the molecule is CCOC(=O)C=P(c1ccccc1)(c1ccccc1)c1ccccc1.[PH4+]. The highest BCUT2D eigenvalue weighted by atomic mass is 31.2. The molecular formula is C22H25O2P2+. The first-order chi connectivity index (χ1) is 12.3. The van der Waals surface area contributed by atoms with Crippen molar-refractivity contribution in [2.75, 3.05) is 6.61 Å². The minimum atomic E-state index is -2.24. The molecular weight excluding hydrogens is 358 g/mol. The van der Waals surface area contributed by atoms with Gasteiger partial charge in [-0.05, 0) is 39.6 Å². The molecule has 0 amide bonds. The lowest BCUT2D eigenvalue weighted by Crippen LogP contribution is -2.29. The number of ether oxygens (including phenoxy) is 1. The van der Waals surface area contributed by atoms with E-state index in [1.165, 1.54) is 0 Å². The first-order valence-corrected chi connectivity index (χ1v) is 10.2. The Labute approximate surface area is 158 Å². The molecule has 0 aromatic heterocycles. The maximum atomic E-state index is 12.5. The van der Waals surface area contributed by atoms with E-state index in [0.29, 0.717) is 6.61 Å². The van der Waals surface area contributed by atoms with E-state index < -0.39 is 6.89 Å². The number of benzene rings is 3. The summed E-state index contributed by atoms with van der Waals surface area (Å²) in [7, 11) is 0. The van der Waals surface area contributed by atoms with Gasteiger partial charge < -0.3 is 4.74 Å². The molecule has 3 rings (SSSR count). The molecule has 26 heavy (non-hydrogen) atoms. The minimum Gasteiger partial charge on any atom is -0.463 e. The van der Waals surface area contributed by atoms with Crippen molar-refractivity contribution >= 4 is 44.5 Å². The third-order valence-corrected chi connectivity index (χ3v) is 8.01. The Hall–Kier alpha value is -2.14. The molecule has 0 spiro atoms. The third-order valence-electron chi connectivity index (χ3n) is 4.08. The van der Waals surface area contributed by atoms with Crippen molar-refractivity contribution in [2.45, 2.75) is 6.92 Å². The van der Waals surface area contributed by atoms with Crippen molar-refractivity contribution in [2.24, 2.45) is 0 Å². The second-order valence-electron chi connectivity index (χ2n) is 5.61. The van der Waals surface area contributed by atoms with Crippen LogP contribution in [0.15, 0.2) is 91.0 Å². The van der Waals surface area contributed by atoms with Crippen LogP contribution in [-0.4, -0.2) is 18.4 Å². The number of hydrogen-bond donors (Lipinski definition) is 0. The van der Waals surface area contributed by atoms with E-state index in [0.717, 1.165) is 15.9 Å². The van der Waals surface area contributed by atoms with E-state index in [1.807, 2.05) is 61.5 Å². The Kier molecular flexibility index (Phi) is 7.39. The van der Waals surface area contributed by atoms with Crippen molar-refractivity contribution in [3.8, 4) is 0 Å². The average Bonchev–Trinajstić information content (AvgIpc) is 2.68. The summed E-state index contributed by atoms with van der Waals surface area (Å²) in [5.41, 5.74) is 0. The molecule has 0 heterocycles. The normalized spacial score (nSPS) is 10.5. The van der Waals surface area contributed by atoms with Crippen LogP contribution in [0.5, 0.6) is 0 Å². The molecule has 0 bridgehead atoms. The van der Waals surface area contributed by atoms with E-state index in [4.69, 9.17) is 4.74 Å². The van der Waals surface area contributed by atoms with Crippen LogP contribution >= 0.6 is 16.8 Å². The first-order valence-electron chi connectivity index (χ1n) is 8.35. The van der Waals surface area contributed by atoms with E-state index >= 15 is 0 Å². The standard InChI is InChI=1S/C22H21O2P.H3P/c1-2-24-22(23)18-25(19-12-6-3-7-13-19,20-14-8-4-9-15-20)21-16-10-5-11-17-21;/h3-18H,2H2,1H3;1H3/p+1. The second-order valence-corrected chi connectivity index (χ2v) is 8.86.